The van der Waals surface area contributed by atoms with Gasteiger partial charge in [0, 0.05) is 43.8 Å². The van der Waals surface area contributed by atoms with Crippen molar-refractivity contribution in [1.29, 1.82) is 0 Å². The number of alkyl halides is 3. The van der Waals surface area contributed by atoms with Gasteiger partial charge in [0.15, 0.2) is 0 Å². The van der Waals surface area contributed by atoms with Gasteiger partial charge in [0.05, 0.1) is 6.04 Å². The fraction of sp³-hybridized carbons (Fsp3) is 0.480. The topological polar surface area (TPSA) is 79.0 Å². The number of nitrogens with one attached hydrogen (secondary N) is 1. The smallest absolute Gasteiger partial charge is 0.376 e. The first-order valence-electron chi connectivity index (χ1n) is 11.9. The Labute approximate surface area is 210 Å². The predicted molar refractivity (Wildman–Crippen MR) is 131 cm³/mol. The molecule has 1 fully saturated rings. The van der Waals surface area contributed by atoms with Crippen molar-refractivity contribution in [2.24, 2.45) is 0 Å². The molecule has 0 radical (unpaired) electrons. The zero-order valence-electron chi connectivity index (χ0n) is 20.7. The molecule has 0 saturated carbocycles. The highest BCUT2D eigenvalue weighted by atomic mass is 32.2. The molecule has 1 N–H and O–H groups in total. The summed E-state index contributed by atoms with van der Waals surface area (Å²) in [5.74, 6) is -0.596. The molecule has 1 aliphatic heterocycles. The van der Waals surface area contributed by atoms with Crippen molar-refractivity contribution in [3.8, 4) is 5.75 Å². The van der Waals surface area contributed by atoms with Crippen LogP contribution in [0.15, 0.2) is 48.5 Å². The normalized spacial score (nSPS) is 20.1. The summed E-state index contributed by atoms with van der Waals surface area (Å²) in [5, 5.41) is 3.41. The van der Waals surface area contributed by atoms with Crippen molar-refractivity contribution in [2.45, 2.75) is 51.3 Å². The molecule has 0 unspecified atom stereocenters. The van der Waals surface area contributed by atoms with Gasteiger partial charge in [-0.1, -0.05) is 30.3 Å². The van der Waals surface area contributed by atoms with Crippen LogP contribution in [-0.4, -0.2) is 67.9 Å². The highest BCUT2D eigenvalue weighted by Gasteiger charge is 2.48. The number of amides is 1. The molecule has 198 valence electrons. The van der Waals surface area contributed by atoms with Gasteiger partial charge in [0.25, 0.3) is 5.91 Å². The molecule has 1 heterocycles. The summed E-state index contributed by atoms with van der Waals surface area (Å²) >= 11 is 0. The maximum Gasteiger partial charge on any atom is 0.534 e. The lowest BCUT2D eigenvalue weighted by atomic mass is 9.90. The van der Waals surface area contributed by atoms with Gasteiger partial charge < -0.3 is 14.4 Å². The molecule has 3 rings (SSSR count). The zero-order valence-corrected chi connectivity index (χ0v) is 21.6. The van der Waals surface area contributed by atoms with E-state index >= 15 is 0 Å². The van der Waals surface area contributed by atoms with Gasteiger partial charge in [-0.3, -0.25) is 9.69 Å². The van der Waals surface area contributed by atoms with E-state index in [1.165, 1.54) is 18.2 Å². The molecule has 0 bridgehead atoms. The minimum atomic E-state index is -5.83. The fourth-order valence-electron chi connectivity index (χ4n) is 4.48. The van der Waals surface area contributed by atoms with Crippen LogP contribution in [0, 0.1) is 0 Å². The molecule has 0 spiro atoms. The lowest BCUT2D eigenvalue weighted by Gasteiger charge is -2.43. The molecule has 2 aromatic carbocycles. The van der Waals surface area contributed by atoms with Crippen LogP contribution in [0.1, 0.15) is 55.2 Å². The largest absolute Gasteiger partial charge is 0.534 e. The zero-order chi connectivity index (χ0) is 26.7. The van der Waals surface area contributed by atoms with Crippen LogP contribution in [0.25, 0.3) is 0 Å². The summed E-state index contributed by atoms with van der Waals surface area (Å²) < 4.78 is 66.5. The first-order valence-corrected chi connectivity index (χ1v) is 13.3. The Morgan fingerprint density at radius 3 is 2.44 bits per heavy atom. The Morgan fingerprint density at radius 1 is 1.14 bits per heavy atom. The SMILES string of the molecule is CCN(CC)C(=O)c1ccccc1[C@@H](c1cccc(OS(=O)(=O)C(F)(F)F)c1)N1C[C@@H](C)NC[C@@H]1C. The number of hydrogen-bond acceptors (Lipinski definition) is 6. The van der Waals surface area contributed by atoms with E-state index in [1.54, 1.807) is 23.1 Å². The summed E-state index contributed by atoms with van der Waals surface area (Å²) in [5.41, 5.74) is -3.86. The fourth-order valence-corrected chi connectivity index (χ4v) is 4.93. The molecule has 11 heteroatoms. The molecule has 7 nitrogen and oxygen atoms in total. The lowest BCUT2D eigenvalue weighted by molar-refractivity contribution is -0.0500. The van der Waals surface area contributed by atoms with E-state index in [4.69, 9.17) is 0 Å². The average Bonchev–Trinajstić information content (AvgIpc) is 2.82. The predicted octanol–water partition coefficient (Wildman–Crippen LogP) is 4.17. The van der Waals surface area contributed by atoms with Crippen molar-refractivity contribution in [3.63, 3.8) is 0 Å². The van der Waals surface area contributed by atoms with Crippen molar-refractivity contribution in [2.75, 3.05) is 26.2 Å². The van der Waals surface area contributed by atoms with Gasteiger partial charge in [-0.05, 0) is 57.0 Å². The third-order valence-corrected chi connectivity index (χ3v) is 7.32. The Hall–Kier alpha value is -2.63. The van der Waals surface area contributed by atoms with Crippen molar-refractivity contribution < 1.29 is 30.6 Å². The average molecular weight is 528 g/mol. The van der Waals surface area contributed by atoms with E-state index in [9.17, 15) is 26.4 Å². The molecule has 0 aromatic heterocycles. The van der Waals surface area contributed by atoms with Gasteiger partial charge in [0.2, 0.25) is 0 Å². The van der Waals surface area contributed by atoms with E-state index in [0.717, 1.165) is 0 Å². The second kappa shape index (κ2) is 11.2. The summed E-state index contributed by atoms with van der Waals surface area (Å²) in [7, 11) is -5.83. The monoisotopic (exact) mass is 527 g/mol. The number of piperazine rings is 1. The number of carbonyl (C=O) groups excluding carboxylic acids is 1. The summed E-state index contributed by atoms with van der Waals surface area (Å²) in [6, 6.07) is 12.4. The molecule has 1 amide bonds. The highest BCUT2D eigenvalue weighted by Crippen LogP contribution is 2.36. The molecule has 3 atom stereocenters. The Morgan fingerprint density at radius 2 is 1.81 bits per heavy atom. The maximum absolute atomic E-state index is 13.4. The van der Waals surface area contributed by atoms with Gasteiger partial charge in [-0.15, -0.1) is 0 Å². The first kappa shape index (κ1) is 27.9. The van der Waals surface area contributed by atoms with Crippen molar-refractivity contribution in [3.05, 3.63) is 65.2 Å². The Kier molecular flexibility index (Phi) is 8.68. The number of nitrogens with zero attached hydrogens (tertiary/aromatic N) is 2. The van der Waals surface area contributed by atoms with Crippen LogP contribution in [0.2, 0.25) is 0 Å². The second-order valence-electron chi connectivity index (χ2n) is 8.88. The summed E-state index contributed by atoms with van der Waals surface area (Å²) in [6.45, 7) is 10.1. The van der Waals surface area contributed by atoms with Crippen LogP contribution < -0.4 is 9.50 Å². The van der Waals surface area contributed by atoms with E-state index in [-0.39, 0.29) is 18.0 Å². The number of benzene rings is 2. The van der Waals surface area contributed by atoms with Crippen molar-refractivity contribution >= 4 is 16.0 Å². The van der Waals surface area contributed by atoms with Gasteiger partial charge in [0.1, 0.15) is 5.75 Å². The van der Waals surface area contributed by atoms with Crippen LogP contribution in [-0.2, 0) is 10.1 Å². The van der Waals surface area contributed by atoms with Crippen LogP contribution in [0.3, 0.4) is 0 Å². The van der Waals surface area contributed by atoms with E-state index in [2.05, 4.69) is 14.4 Å². The standard InChI is InChI=1S/C25H32F3N3O4S/c1-5-30(6-2)24(32)22-13-8-7-12-21(22)23(31-16-17(3)29-15-18(31)4)19-10-9-11-20(14-19)35-36(33,34)25(26,27)28/h7-14,17-18,23,29H,5-6,15-16H2,1-4H3/t17-,18+,23-/m1/s1. The molecule has 36 heavy (non-hydrogen) atoms. The highest BCUT2D eigenvalue weighted by molar-refractivity contribution is 7.88. The third kappa shape index (κ3) is 6.01. The van der Waals surface area contributed by atoms with Crippen LogP contribution in [0.5, 0.6) is 5.75 Å². The molecule has 0 aliphatic carbocycles. The Bertz CT molecular complexity index is 1170. The van der Waals surface area contributed by atoms with E-state index < -0.39 is 27.4 Å². The molecule has 1 saturated heterocycles. The van der Waals surface area contributed by atoms with Crippen LogP contribution >= 0.6 is 0 Å². The summed E-state index contributed by atoms with van der Waals surface area (Å²) in [4.78, 5) is 17.3. The molecular weight excluding hydrogens is 495 g/mol. The van der Waals surface area contributed by atoms with Gasteiger partial charge in [-0.2, -0.15) is 21.6 Å². The van der Waals surface area contributed by atoms with E-state index in [0.29, 0.717) is 42.9 Å². The quantitative estimate of drug-likeness (QED) is 0.410. The third-order valence-electron chi connectivity index (χ3n) is 6.34. The maximum atomic E-state index is 13.4. The van der Waals surface area contributed by atoms with Gasteiger partial charge >= 0.3 is 15.6 Å². The van der Waals surface area contributed by atoms with Crippen molar-refractivity contribution in [1.82, 2.24) is 15.1 Å². The number of rotatable bonds is 8. The van der Waals surface area contributed by atoms with E-state index in [1.807, 2.05) is 39.8 Å². The molecule has 1 aliphatic rings. The first-order chi connectivity index (χ1) is 16.9. The van der Waals surface area contributed by atoms with Gasteiger partial charge in [-0.25, -0.2) is 0 Å². The number of carbonyl (C=O) groups is 1. The lowest BCUT2D eigenvalue weighted by Crippen LogP contribution is -2.55. The second-order valence-corrected chi connectivity index (χ2v) is 10.4. The number of halogens is 3. The molecule has 2 aromatic rings. The minimum absolute atomic E-state index is 0.0197. The molecular formula is C25H32F3N3O4S. The summed E-state index contributed by atoms with van der Waals surface area (Å²) in [6.07, 6.45) is 0. The minimum Gasteiger partial charge on any atom is -0.376 e. The van der Waals surface area contributed by atoms with Crippen LogP contribution in [0.4, 0.5) is 13.2 Å². The Balaban J connectivity index is 2.16. The number of hydrogen-bond donors (Lipinski definition) is 1.